The molecule has 1 unspecified atom stereocenters. The van der Waals surface area contributed by atoms with Crippen molar-refractivity contribution >= 4 is 11.0 Å². The summed E-state index contributed by atoms with van der Waals surface area (Å²) in [6.45, 7) is 1.01. The summed E-state index contributed by atoms with van der Waals surface area (Å²) in [7, 11) is 0. The highest BCUT2D eigenvalue weighted by molar-refractivity contribution is 5.80. The number of rotatable bonds is 5. The van der Waals surface area contributed by atoms with Crippen LogP contribution in [0.4, 0.5) is 0 Å². The quantitative estimate of drug-likeness (QED) is 0.758. The van der Waals surface area contributed by atoms with Crippen LogP contribution in [0.25, 0.3) is 11.0 Å². The molecule has 2 fully saturated rings. The lowest BCUT2D eigenvalue weighted by atomic mass is 9.66. The molecule has 2 atom stereocenters. The first-order chi connectivity index (χ1) is 11.9. The number of nitrogens with zero attached hydrogens (tertiary/aromatic N) is 1. The predicted molar refractivity (Wildman–Crippen MR) is 95.1 cm³/mol. The third kappa shape index (κ3) is 2.27. The summed E-state index contributed by atoms with van der Waals surface area (Å²) in [4.78, 5) is 0. The number of fused-ring (bicyclic) bond motifs is 1. The lowest BCUT2D eigenvalue weighted by Gasteiger charge is -2.40. The van der Waals surface area contributed by atoms with E-state index < -0.39 is 0 Å². The van der Waals surface area contributed by atoms with Crippen LogP contribution in [0.5, 0.6) is 0 Å². The summed E-state index contributed by atoms with van der Waals surface area (Å²) in [6, 6.07) is 19.7. The van der Waals surface area contributed by atoms with Gasteiger partial charge in [-0.1, -0.05) is 54.0 Å². The van der Waals surface area contributed by atoms with Gasteiger partial charge >= 0.3 is 0 Å². The van der Waals surface area contributed by atoms with E-state index in [0.29, 0.717) is 12.0 Å². The van der Waals surface area contributed by atoms with Gasteiger partial charge in [0, 0.05) is 29.3 Å². The molecule has 1 heterocycles. The van der Waals surface area contributed by atoms with Crippen molar-refractivity contribution in [3.8, 4) is 0 Å². The Morgan fingerprint density at radius 3 is 2.62 bits per heavy atom. The zero-order valence-corrected chi connectivity index (χ0v) is 13.7. The number of hydrogen-bond acceptors (Lipinski definition) is 3. The average molecular weight is 318 g/mol. The fourth-order valence-electron chi connectivity index (χ4n) is 4.18. The molecule has 122 valence electrons. The first kappa shape index (κ1) is 14.2. The van der Waals surface area contributed by atoms with E-state index in [0.717, 1.165) is 17.8 Å². The Hall–Kier alpha value is -2.13. The SMILES string of the molecule is c1ccc([C@H]2CC2NCC2(c3noc4ccccc34)CCC2)cc1. The second-order valence-corrected chi connectivity index (χ2v) is 7.40. The smallest absolute Gasteiger partial charge is 0.167 e. The number of hydrogen-bond donors (Lipinski definition) is 1. The van der Waals surface area contributed by atoms with Crippen LogP contribution in [0.2, 0.25) is 0 Å². The van der Waals surface area contributed by atoms with E-state index in [9.17, 15) is 0 Å². The van der Waals surface area contributed by atoms with Gasteiger partial charge in [-0.2, -0.15) is 0 Å². The monoisotopic (exact) mass is 318 g/mol. The van der Waals surface area contributed by atoms with Crippen molar-refractivity contribution in [1.82, 2.24) is 10.5 Å². The molecule has 0 saturated heterocycles. The zero-order chi connectivity index (χ0) is 16.0. The second-order valence-electron chi connectivity index (χ2n) is 7.40. The van der Waals surface area contributed by atoms with Gasteiger partial charge in [0.2, 0.25) is 0 Å². The highest BCUT2D eigenvalue weighted by Crippen LogP contribution is 2.47. The van der Waals surface area contributed by atoms with Crippen LogP contribution >= 0.6 is 0 Å². The van der Waals surface area contributed by atoms with Crippen molar-refractivity contribution in [3.05, 3.63) is 65.9 Å². The summed E-state index contributed by atoms with van der Waals surface area (Å²) in [6.07, 6.45) is 4.95. The molecule has 5 rings (SSSR count). The lowest BCUT2D eigenvalue weighted by Crippen LogP contribution is -2.45. The van der Waals surface area contributed by atoms with Gasteiger partial charge in [-0.25, -0.2) is 0 Å². The van der Waals surface area contributed by atoms with Crippen LogP contribution in [0, 0.1) is 0 Å². The topological polar surface area (TPSA) is 38.1 Å². The molecule has 1 N–H and O–H groups in total. The minimum Gasteiger partial charge on any atom is -0.356 e. The number of benzene rings is 2. The maximum absolute atomic E-state index is 5.57. The van der Waals surface area contributed by atoms with E-state index in [2.05, 4.69) is 52.9 Å². The molecule has 3 aromatic rings. The van der Waals surface area contributed by atoms with E-state index in [1.54, 1.807) is 0 Å². The number of aromatic nitrogens is 1. The predicted octanol–water partition coefficient (Wildman–Crippen LogP) is 4.40. The van der Waals surface area contributed by atoms with E-state index in [4.69, 9.17) is 4.52 Å². The molecule has 1 aromatic heterocycles. The van der Waals surface area contributed by atoms with Gasteiger partial charge in [0.25, 0.3) is 0 Å². The van der Waals surface area contributed by atoms with E-state index >= 15 is 0 Å². The molecule has 2 aliphatic rings. The van der Waals surface area contributed by atoms with Crippen LogP contribution in [0.1, 0.15) is 42.9 Å². The van der Waals surface area contributed by atoms with Gasteiger partial charge < -0.3 is 9.84 Å². The molecular weight excluding hydrogens is 296 g/mol. The van der Waals surface area contributed by atoms with Gasteiger partial charge in [-0.05, 0) is 37.0 Å². The molecule has 0 aliphatic heterocycles. The molecule has 0 radical (unpaired) electrons. The molecule has 0 spiro atoms. The first-order valence-electron chi connectivity index (χ1n) is 8.99. The van der Waals surface area contributed by atoms with Crippen LogP contribution in [-0.4, -0.2) is 17.7 Å². The summed E-state index contributed by atoms with van der Waals surface area (Å²) >= 11 is 0. The molecular formula is C21H22N2O. The van der Waals surface area contributed by atoms with Gasteiger partial charge in [0.05, 0.1) is 5.69 Å². The van der Waals surface area contributed by atoms with Crippen LogP contribution in [0.15, 0.2) is 59.1 Å². The number of nitrogens with one attached hydrogen (secondary N) is 1. The van der Waals surface area contributed by atoms with E-state index in [1.165, 1.54) is 36.6 Å². The molecule has 2 aliphatic carbocycles. The molecule has 3 nitrogen and oxygen atoms in total. The Kier molecular flexibility index (Phi) is 3.23. The molecule has 2 saturated carbocycles. The normalized spacial score (nSPS) is 24.7. The molecule has 0 bridgehead atoms. The van der Waals surface area contributed by atoms with Crippen LogP contribution in [-0.2, 0) is 5.41 Å². The Bertz CT molecular complexity index is 850. The Balaban J connectivity index is 1.33. The summed E-state index contributed by atoms with van der Waals surface area (Å²) in [5, 5.41) is 9.46. The maximum atomic E-state index is 5.57. The molecule has 3 heteroatoms. The van der Waals surface area contributed by atoms with Gasteiger partial charge in [0.1, 0.15) is 0 Å². The van der Waals surface area contributed by atoms with Crippen molar-refractivity contribution in [2.45, 2.75) is 43.1 Å². The average Bonchev–Trinajstić information content (AvgIpc) is 3.25. The highest BCUT2D eigenvalue weighted by Gasteiger charge is 2.45. The Morgan fingerprint density at radius 2 is 1.83 bits per heavy atom. The Labute approximate surface area is 142 Å². The van der Waals surface area contributed by atoms with E-state index in [1.807, 2.05) is 12.1 Å². The lowest BCUT2D eigenvalue weighted by molar-refractivity contribution is 0.218. The van der Waals surface area contributed by atoms with Crippen LogP contribution < -0.4 is 5.32 Å². The summed E-state index contributed by atoms with van der Waals surface area (Å²) < 4.78 is 5.57. The number of para-hydroxylation sites is 1. The van der Waals surface area contributed by atoms with Gasteiger partial charge in [-0.3, -0.25) is 0 Å². The minimum absolute atomic E-state index is 0.163. The van der Waals surface area contributed by atoms with E-state index in [-0.39, 0.29) is 5.41 Å². The zero-order valence-electron chi connectivity index (χ0n) is 13.7. The largest absolute Gasteiger partial charge is 0.356 e. The first-order valence-corrected chi connectivity index (χ1v) is 8.99. The maximum Gasteiger partial charge on any atom is 0.167 e. The fourth-order valence-corrected chi connectivity index (χ4v) is 4.18. The van der Waals surface area contributed by atoms with Gasteiger partial charge in [-0.15, -0.1) is 0 Å². The molecule has 24 heavy (non-hydrogen) atoms. The highest BCUT2D eigenvalue weighted by atomic mass is 16.5. The van der Waals surface area contributed by atoms with Crippen molar-refractivity contribution in [2.24, 2.45) is 0 Å². The summed E-state index contributed by atoms with van der Waals surface area (Å²) in [5.41, 5.74) is 3.70. The van der Waals surface area contributed by atoms with Crippen molar-refractivity contribution < 1.29 is 4.52 Å². The summed E-state index contributed by atoms with van der Waals surface area (Å²) in [5.74, 6) is 0.678. The third-order valence-corrected chi connectivity index (χ3v) is 5.91. The third-order valence-electron chi connectivity index (χ3n) is 5.91. The van der Waals surface area contributed by atoms with Crippen molar-refractivity contribution in [1.29, 1.82) is 0 Å². The second kappa shape index (κ2) is 5.45. The fraction of sp³-hybridized carbons (Fsp3) is 0.381. The standard InChI is InChI=1S/C21H22N2O/c1-2-7-15(8-3-1)17-13-18(17)22-14-21(11-6-12-21)20-16-9-4-5-10-19(16)24-23-20/h1-5,7-10,17-18,22H,6,11-14H2/t17-,18?/m1/s1. The van der Waals surface area contributed by atoms with Gasteiger partial charge in [0.15, 0.2) is 5.58 Å². The molecule has 2 aromatic carbocycles. The van der Waals surface area contributed by atoms with Crippen LogP contribution in [0.3, 0.4) is 0 Å². The minimum atomic E-state index is 0.163. The molecule has 0 amide bonds. The van der Waals surface area contributed by atoms with Crippen molar-refractivity contribution in [2.75, 3.05) is 6.54 Å². The Morgan fingerprint density at radius 1 is 1.04 bits per heavy atom. The van der Waals surface area contributed by atoms with Crippen molar-refractivity contribution in [3.63, 3.8) is 0 Å².